The van der Waals surface area contributed by atoms with Gasteiger partial charge in [0.25, 0.3) is 0 Å². The lowest BCUT2D eigenvalue weighted by molar-refractivity contribution is 0.807. The Morgan fingerprint density at radius 2 is 1.32 bits per heavy atom. The zero-order chi connectivity index (χ0) is 22.4. The molecule has 160 valence electrons. The van der Waals surface area contributed by atoms with Gasteiger partial charge < -0.3 is 0 Å². The molecular weight excluding hydrogens is 378 g/mol. The first-order chi connectivity index (χ1) is 15.1. The minimum absolute atomic E-state index is 0.380. The van der Waals surface area contributed by atoms with Crippen LogP contribution < -0.4 is 0 Å². The molecule has 0 aliphatic carbocycles. The van der Waals surface area contributed by atoms with E-state index in [1.54, 1.807) is 0 Å². The summed E-state index contributed by atoms with van der Waals surface area (Å²) in [5.41, 5.74) is 7.39. The predicted octanol–water partition coefficient (Wildman–Crippen LogP) is 7.87. The molecule has 2 aromatic heterocycles. The summed E-state index contributed by atoms with van der Waals surface area (Å²) in [6.07, 6.45) is 7.74. The molecule has 0 spiro atoms. The van der Waals surface area contributed by atoms with Gasteiger partial charge in [0.2, 0.25) is 0 Å². The first-order valence-electron chi connectivity index (χ1n) is 11.2. The van der Waals surface area contributed by atoms with Gasteiger partial charge in [-0.25, -0.2) is 4.98 Å². The molecule has 0 radical (unpaired) electrons. The van der Waals surface area contributed by atoms with E-state index in [0.29, 0.717) is 11.8 Å². The Morgan fingerprint density at radius 3 is 1.87 bits per heavy atom. The molecule has 3 nitrogen and oxygen atoms in total. The van der Waals surface area contributed by atoms with Gasteiger partial charge in [-0.05, 0) is 46.7 Å². The van der Waals surface area contributed by atoms with E-state index >= 15 is 0 Å². The Labute approximate surface area is 186 Å². The molecule has 4 rings (SSSR count). The molecule has 31 heavy (non-hydrogen) atoms. The minimum atomic E-state index is 0.380. The van der Waals surface area contributed by atoms with E-state index in [-0.39, 0.29) is 0 Å². The van der Waals surface area contributed by atoms with Crippen LogP contribution in [0, 0.1) is 0 Å². The van der Waals surface area contributed by atoms with Crippen molar-refractivity contribution in [2.24, 2.45) is 0 Å². The molecule has 0 aliphatic rings. The highest BCUT2D eigenvalue weighted by Crippen LogP contribution is 2.37. The van der Waals surface area contributed by atoms with Crippen LogP contribution in [-0.4, -0.2) is 14.5 Å². The van der Waals surface area contributed by atoms with Crippen LogP contribution in [-0.2, 0) is 0 Å². The molecule has 0 saturated heterocycles. The highest BCUT2D eigenvalue weighted by Gasteiger charge is 2.20. The van der Waals surface area contributed by atoms with Gasteiger partial charge in [0.05, 0.1) is 5.69 Å². The fourth-order valence-corrected chi connectivity index (χ4v) is 3.82. The molecule has 0 amide bonds. The third kappa shape index (κ3) is 4.77. The number of pyridine rings is 1. The number of aromatic nitrogens is 3. The number of hydrogen-bond acceptors (Lipinski definition) is 2. The first-order valence-corrected chi connectivity index (χ1v) is 11.2. The fraction of sp³-hybridized carbons (Fsp3) is 0.286. The Morgan fingerprint density at radius 1 is 0.710 bits per heavy atom. The molecular formula is C28H33N3. The van der Waals surface area contributed by atoms with Gasteiger partial charge in [-0.3, -0.25) is 9.55 Å². The third-order valence-corrected chi connectivity index (χ3v) is 5.32. The van der Waals surface area contributed by atoms with Crippen molar-refractivity contribution in [3.8, 4) is 28.2 Å². The van der Waals surface area contributed by atoms with Crippen molar-refractivity contribution in [3.63, 3.8) is 0 Å². The van der Waals surface area contributed by atoms with Gasteiger partial charge in [0.15, 0.2) is 0 Å². The molecule has 0 unspecified atom stereocenters. The molecule has 4 aromatic rings. The summed E-state index contributed by atoms with van der Waals surface area (Å²) in [7, 11) is 0. The van der Waals surface area contributed by atoms with E-state index in [9.17, 15) is 0 Å². The second kappa shape index (κ2) is 10.2. The van der Waals surface area contributed by atoms with E-state index in [1.807, 2.05) is 44.6 Å². The SMILES string of the molecule is CC.CC(C)c1cc(-c2cccnc2)cc(C(C)C)c1-n1ccnc1-c1ccccc1. The number of hydrogen-bond donors (Lipinski definition) is 0. The van der Waals surface area contributed by atoms with Crippen LogP contribution in [0.5, 0.6) is 0 Å². The molecule has 2 heterocycles. The van der Waals surface area contributed by atoms with Gasteiger partial charge in [-0.15, -0.1) is 0 Å². The van der Waals surface area contributed by atoms with E-state index < -0.39 is 0 Å². The zero-order valence-electron chi connectivity index (χ0n) is 19.5. The lowest BCUT2D eigenvalue weighted by Gasteiger charge is -2.23. The summed E-state index contributed by atoms with van der Waals surface area (Å²) < 4.78 is 2.26. The van der Waals surface area contributed by atoms with Crippen molar-refractivity contribution < 1.29 is 0 Å². The molecule has 3 heteroatoms. The predicted molar refractivity (Wildman–Crippen MR) is 132 cm³/mol. The standard InChI is InChI=1S/C26H27N3.C2H6/c1-18(2)23-15-22(21-11-8-12-27-17-21)16-24(19(3)4)25(23)29-14-13-28-26(29)20-9-6-5-7-10-20;1-2/h5-19H,1-4H3;1-2H3. The van der Waals surface area contributed by atoms with Crippen LogP contribution in [0.15, 0.2) is 79.4 Å². The Hall–Kier alpha value is -3.20. The summed E-state index contributed by atoms with van der Waals surface area (Å²) in [5.74, 6) is 1.74. The summed E-state index contributed by atoms with van der Waals surface area (Å²) >= 11 is 0. The molecule has 0 saturated carbocycles. The maximum absolute atomic E-state index is 4.70. The summed E-state index contributed by atoms with van der Waals surface area (Å²) in [6.45, 7) is 13.0. The maximum atomic E-state index is 4.70. The molecule has 0 N–H and O–H groups in total. The second-order valence-electron chi connectivity index (χ2n) is 8.04. The highest BCUT2D eigenvalue weighted by molar-refractivity contribution is 5.71. The average molecular weight is 412 g/mol. The quantitative estimate of drug-likeness (QED) is 0.334. The van der Waals surface area contributed by atoms with Crippen molar-refractivity contribution in [2.75, 3.05) is 0 Å². The average Bonchev–Trinajstić information content (AvgIpc) is 3.30. The molecule has 0 fully saturated rings. The lowest BCUT2D eigenvalue weighted by atomic mass is 9.88. The van der Waals surface area contributed by atoms with Crippen LogP contribution >= 0.6 is 0 Å². The summed E-state index contributed by atoms with van der Waals surface area (Å²) in [6, 6.07) is 19.2. The Balaban J connectivity index is 0.00000132. The number of rotatable bonds is 5. The fourth-order valence-electron chi connectivity index (χ4n) is 3.82. The monoisotopic (exact) mass is 411 g/mol. The van der Waals surface area contributed by atoms with Crippen LogP contribution in [0.4, 0.5) is 0 Å². The van der Waals surface area contributed by atoms with Gasteiger partial charge >= 0.3 is 0 Å². The van der Waals surface area contributed by atoms with Crippen molar-refractivity contribution in [3.05, 3.63) is 90.5 Å². The lowest BCUT2D eigenvalue weighted by Crippen LogP contribution is -2.08. The molecule has 0 aliphatic heterocycles. The molecule has 0 bridgehead atoms. The van der Waals surface area contributed by atoms with Crippen molar-refractivity contribution in [1.82, 2.24) is 14.5 Å². The van der Waals surface area contributed by atoms with Crippen LogP contribution in [0.3, 0.4) is 0 Å². The van der Waals surface area contributed by atoms with Crippen LogP contribution in [0.1, 0.15) is 64.5 Å². The van der Waals surface area contributed by atoms with E-state index in [2.05, 4.69) is 85.9 Å². The van der Waals surface area contributed by atoms with Gasteiger partial charge in [-0.2, -0.15) is 0 Å². The Bertz CT molecular complexity index is 1060. The number of nitrogens with zero attached hydrogens (tertiary/aromatic N) is 3. The van der Waals surface area contributed by atoms with Crippen LogP contribution in [0.2, 0.25) is 0 Å². The van der Waals surface area contributed by atoms with E-state index in [4.69, 9.17) is 4.98 Å². The number of benzene rings is 2. The second-order valence-corrected chi connectivity index (χ2v) is 8.04. The van der Waals surface area contributed by atoms with Crippen molar-refractivity contribution in [2.45, 2.75) is 53.4 Å². The maximum Gasteiger partial charge on any atom is 0.144 e. The summed E-state index contributed by atoms with van der Waals surface area (Å²) in [5, 5.41) is 0. The third-order valence-electron chi connectivity index (χ3n) is 5.32. The van der Waals surface area contributed by atoms with Gasteiger partial charge in [0.1, 0.15) is 5.82 Å². The van der Waals surface area contributed by atoms with Gasteiger partial charge in [-0.1, -0.05) is 77.9 Å². The largest absolute Gasteiger partial charge is 0.299 e. The normalized spacial score (nSPS) is 10.8. The topological polar surface area (TPSA) is 30.7 Å². The van der Waals surface area contributed by atoms with Crippen molar-refractivity contribution in [1.29, 1.82) is 0 Å². The smallest absolute Gasteiger partial charge is 0.144 e. The number of imidazole rings is 1. The molecule has 0 atom stereocenters. The van der Waals surface area contributed by atoms with E-state index in [0.717, 1.165) is 17.0 Å². The highest BCUT2D eigenvalue weighted by atomic mass is 15.1. The zero-order valence-corrected chi connectivity index (χ0v) is 19.5. The van der Waals surface area contributed by atoms with Crippen molar-refractivity contribution >= 4 is 0 Å². The summed E-state index contributed by atoms with van der Waals surface area (Å²) in [4.78, 5) is 9.02. The molecule has 2 aromatic carbocycles. The first kappa shape index (κ1) is 22.5. The van der Waals surface area contributed by atoms with Crippen LogP contribution in [0.25, 0.3) is 28.2 Å². The Kier molecular flexibility index (Phi) is 7.41. The van der Waals surface area contributed by atoms with E-state index in [1.165, 1.54) is 22.4 Å². The van der Waals surface area contributed by atoms with Gasteiger partial charge in [0, 0.05) is 35.9 Å². The minimum Gasteiger partial charge on any atom is -0.299 e.